The van der Waals surface area contributed by atoms with Gasteiger partial charge in [0.25, 0.3) is 0 Å². The summed E-state index contributed by atoms with van der Waals surface area (Å²) in [4.78, 5) is 11.6. The highest BCUT2D eigenvalue weighted by Crippen LogP contribution is 2.41. The third-order valence-electron chi connectivity index (χ3n) is 3.51. The Morgan fingerprint density at radius 3 is 2.33 bits per heavy atom. The number of Topliss-reactive ketones (excluding diaryl/α,β-unsaturated/α-hetero) is 1. The topological polar surface area (TPSA) is 35.5 Å². The van der Waals surface area contributed by atoms with Gasteiger partial charge in [-0.3, -0.25) is 4.79 Å². The number of rotatable bonds is 3. The Bertz CT molecular complexity index is 487. The fraction of sp³-hybridized carbons (Fsp3) is 0.400. The fourth-order valence-corrected chi connectivity index (χ4v) is 2.46. The quantitative estimate of drug-likeness (QED) is 0.769. The molecule has 1 aromatic carbocycles. The Kier molecular flexibility index (Phi) is 3.41. The number of benzene rings is 1. The molecule has 0 spiro atoms. The van der Waals surface area contributed by atoms with Crippen molar-refractivity contribution in [2.24, 2.45) is 0 Å². The van der Waals surface area contributed by atoms with E-state index in [0.29, 0.717) is 18.4 Å². The number of carbonyl (C=O) groups is 1. The first-order valence-electron chi connectivity index (χ1n) is 6.00. The first kappa shape index (κ1) is 12.7. The van der Waals surface area contributed by atoms with Gasteiger partial charge in [0.15, 0.2) is 5.78 Å². The number of allylic oxidation sites excluding steroid dienone is 1. The molecule has 0 radical (unpaired) electrons. The molecular formula is C15H18O3. The molecule has 1 unspecified atom stereocenters. The standard InChI is InChI=1S/C15H18O3/c1-9-5-11(7-13(9)16)12-8-14(17-3)10(2)6-15(12)18-4/h6,8,11H,1,5,7H2,2-4H3. The smallest absolute Gasteiger partial charge is 0.158 e. The third kappa shape index (κ3) is 2.13. The maximum Gasteiger partial charge on any atom is 0.158 e. The number of ketones is 1. The van der Waals surface area contributed by atoms with Gasteiger partial charge >= 0.3 is 0 Å². The van der Waals surface area contributed by atoms with Crippen LogP contribution in [-0.2, 0) is 4.79 Å². The number of methoxy groups -OCH3 is 2. The van der Waals surface area contributed by atoms with Crippen LogP contribution in [0, 0.1) is 6.92 Å². The van der Waals surface area contributed by atoms with E-state index in [1.54, 1.807) is 14.2 Å². The van der Waals surface area contributed by atoms with Crippen LogP contribution in [0.15, 0.2) is 24.3 Å². The summed E-state index contributed by atoms with van der Waals surface area (Å²) in [7, 11) is 3.30. The van der Waals surface area contributed by atoms with Crippen LogP contribution < -0.4 is 9.47 Å². The van der Waals surface area contributed by atoms with E-state index in [-0.39, 0.29) is 11.7 Å². The maximum atomic E-state index is 11.6. The molecule has 3 heteroatoms. The molecule has 2 rings (SSSR count). The second-order valence-electron chi connectivity index (χ2n) is 4.70. The minimum Gasteiger partial charge on any atom is -0.496 e. The molecule has 0 amide bonds. The predicted octanol–water partition coefficient (Wildman–Crippen LogP) is 3.01. The van der Waals surface area contributed by atoms with Gasteiger partial charge in [0.05, 0.1) is 14.2 Å². The Balaban J connectivity index is 2.43. The van der Waals surface area contributed by atoms with Crippen LogP contribution in [0.2, 0.25) is 0 Å². The minimum absolute atomic E-state index is 0.154. The van der Waals surface area contributed by atoms with Gasteiger partial charge in [0.1, 0.15) is 11.5 Å². The van der Waals surface area contributed by atoms with Gasteiger partial charge in [0, 0.05) is 12.0 Å². The molecule has 1 aromatic rings. The third-order valence-corrected chi connectivity index (χ3v) is 3.51. The number of carbonyl (C=O) groups excluding carboxylic acids is 1. The average Bonchev–Trinajstić information content (AvgIpc) is 2.69. The molecule has 1 saturated carbocycles. The highest BCUT2D eigenvalue weighted by molar-refractivity contribution is 5.98. The van der Waals surface area contributed by atoms with Crippen molar-refractivity contribution < 1.29 is 14.3 Å². The van der Waals surface area contributed by atoms with E-state index in [4.69, 9.17) is 9.47 Å². The molecule has 1 atom stereocenters. The number of ether oxygens (including phenoxy) is 2. The van der Waals surface area contributed by atoms with Gasteiger partial charge in [-0.25, -0.2) is 0 Å². The summed E-state index contributed by atoms with van der Waals surface area (Å²) >= 11 is 0. The summed E-state index contributed by atoms with van der Waals surface area (Å²) in [6.45, 7) is 5.78. The Hall–Kier alpha value is -1.77. The summed E-state index contributed by atoms with van der Waals surface area (Å²) in [5.74, 6) is 1.97. The first-order chi connectivity index (χ1) is 8.56. The largest absolute Gasteiger partial charge is 0.496 e. The molecule has 0 N–H and O–H groups in total. The van der Waals surface area contributed by atoms with Gasteiger partial charge in [0.2, 0.25) is 0 Å². The van der Waals surface area contributed by atoms with Gasteiger partial charge in [-0.15, -0.1) is 0 Å². The Morgan fingerprint density at radius 2 is 1.83 bits per heavy atom. The zero-order valence-electron chi connectivity index (χ0n) is 11.1. The molecule has 18 heavy (non-hydrogen) atoms. The van der Waals surface area contributed by atoms with Crippen LogP contribution in [0.5, 0.6) is 11.5 Å². The zero-order valence-corrected chi connectivity index (χ0v) is 11.1. The normalized spacial score (nSPS) is 19.2. The summed E-state index contributed by atoms with van der Waals surface area (Å²) in [5.41, 5.74) is 2.77. The van der Waals surface area contributed by atoms with Crippen molar-refractivity contribution in [1.82, 2.24) is 0 Å². The lowest BCUT2D eigenvalue weighted by atomic mass is 9.95. The summed E-state index contributed by atoms with van der Waals surface area (Å²) < 4.78 is 10.7. The predicted molar refractivity (Wildman–Crippen MR) is 70.4 cm³/mol. The molecule has 0 aromatic heterocycles. The number of aryl methyl sites for hydroxylation is 1. The maximum absolute atomic E-state index is 11.6. The lowest BCUT2D eigenvalue weighted by Crippen LogP contribution is -2.00. The molecular weight excluding hydrogens is 228 g/mol. The van der Waals surface area contributed by atoms with Crippen molar-refractivity contribution in [1.29, 1.82) is 0 Å². The molecule has 0 bridgehead atoms. The lowest BCUT2D eigenvalue weighted by Gasteiger charge is -2.16. The van der Waals surface area contributed by atoms with Crippen LogP contribution in [0.25, 0.3) is 0 Å². The van der Waals surface area contributed by atoms with Crippen LogP contribution >= 0.6 is 0 Å². The average molecular weight is 246 g/mol. The molecule has 0 saturated heterocycles. The second-order valence-corrected chi connectivity index (χ2v) is 4.70. The molecule has 1 aliphatic rings. The molecule has 3 nitrogen and oxygen atoms in total. The Morgan fingerprint density at radius 1 is 1.17 bits per heavy atom. The lowest BCUT2D eigenvalue weighted by molar-refractivity contribution is -0.114. The van der Waals surface area contributed by atoms with E-state index >= 15 is 0 Å². The summed E-state index contributed by atoms with van der Waals surface area (Å²) in [6.07, 6.45) is 1.23. The van der Waals surface area contributed by atoms with E-state index < -0.39 is 0 Å². The Labute approximate surface area is 107 Å². The first-order valence-corrected chi connectivity index (χ1v) is 6.00. The minimum atomic E-state index is 0.154. The summed E-state index contributed by atoms with van der Waals surface area (Å²) in [6, 6.07) is 3.93. The number of hydrogen-bond acceptors (Lipinski definition) is 3. The molecule has 0 heterocycles. The number of hydrogen-bond donors (Lipinski definition) is 0. The monoisotopic (exact) mass is 246 g/mol. The van der Waals surface area contributed by atoms with Gasteiger partial charge in [-0.1, -0.05) is 6.58 Å². The zero-order chi connectivity index (χ0) is 13.3. The summed E-state index contributed by atoms with van der Waals surface area (Å²) in [5, 5.41) is 0. The van der Waals surface area contributed by atoms with Crippen molar-refractivity contribution in [3.8, 4) is 11.5 Å². The molecule has 1 aliphatic carbocycles. The van der Waals surface area contributed by atoms with Crippen molar-refractivity contribution >= 4 is 5.78 Å². The van der Waals surface area contributed by atoms with Crippen LogP contribution in [-0.4, -0.2) is 20.0 Å². The van der Waals surface area contributed by atoms with Crippen molar-refractivity contribution in [3.05, 3.63) is 35.4 Å². The molecule has 96 valence electrons. The van der Waals surface area contributed by atoms with Gasteiger partial charge in [-0.2, -0.15) is 0 Å². The van der Waals surface area contributed by atoms with E-state index in [1.165, 1.54) is 0 Å². The highest BCUT2D eigenvalue weighted by Gasteiger charge is 2.29. The molecule has 1 fully saturated rings. The second kappa shape index (κ2) is 4.84. The van der Waals surface area contributed by atoms with Crippen molar-refractivity contribution in [3.63, 3.8) is 0 Å². The van der Waals surface area contributed by atoms with E-state index in [9.17, 15) is 4.79 Å². The highest BCUT2D eigenvalue weighted by atomic mass is 16.5. The van der Waals surface area contributed by atoms with Crippen LogP contribution in [0.3, 0.4) is 0 Å². The van der Waals surface area contributed by atoms with E-state index in [2.05, 4.69) is 6.58 Å². The van der Waals surface area contributed by atoms with E-state index in [0.717, 1.165) is 22.6 Å². The molecule has 0 aliphatic heterocycles. The van der Waals surface area contributed by atoms with Crippen molar-refractivity contribution in [2.45, 2.75) is 25.7 Å². The van der Waals surface area contributed by atoms with Crippen LogP contribution in [0.4, 0.5) is 0 Å². The SMILES string of the molecule is C=C1CC(c2cc(OC)c(C)cc2OC)CC1=O. The van der Waals surface area contributed by atoms with E-state index in [1.807, 2.05) is 19.1 Å². The van der Waals surface area contributed by atoms with Gasteiger partial charge < -0.3 is 9.47 Å². The van der Waals surface area contributed by atoms with Gasteiger partial charge in [-0.05, 0) is 42.5 Å². The van der Waals surface area contributed by atoms with Crippen molar-refractivity contribution in [2.75, 3.05) is 14.2 Å². The fourth-order valence-electron chi connectivity index (χ4n) is 2.46. The van der Waals surface area contributed by atoms with Crippen LogP contribution in [0.1, 0.15) is 29.9 Å².